The molecule has 1 aliphatic carbocycles. The normalized spacial score (nSPS) is 19.6. The van der Waals surface area contributed by atoms with E-state index in [-0.39, 0.29) is 36.5 Å². The van der Waals surface area contributed by atoms with E-state index < -0.39 is 5.60 Å². The standard InChI is InChI=1S/C23H32N2O5/c1-23(2,3)30-22(28)25-13-11-17(12-14-25)21(27)29-15-20(26)24-19-10-6-8-16-7-4-5-9-18(16)19/h4-5,7,9,17,19H,6,8,10-15H2,1-3H3,(H,24,26)/t19-/m0/s1. The van der Waals surface area contributed by atoms with Gasteiger partial charge in [-0.3, -0.25) is 9.59 Å². The topological polar surface area (TPSA) is 84.9 Å². The van der Waals surface area contributed by atoms with Crippen LogP contribution in [-0.4, -0.2) is 48.2 Å². The Morgan fingerprint density at radius 2 is 1.80 bits per heavy atom. The Hall–Kier alpha value is -2.57. The van der Waals surface area contributed by atoms with Crippen LogP contribution in [0.1, 0.15) is 63.6 Å². The lowest BCUT2D eigenvalue weighted by Gasteiger charge is -2.32. The first kappa shape index (κ1) is 22.1. The number of nitrogens with one attached hydrogen (secondary N) is 1. The van der Waals surface area contributed by atoms with Crippen molar-refractivity contribution in [3.05, 3.63) is 35.4 Å². The average molecular weight is 417 g/mol. The van der Waals surface area contributed by atoms with Gasteiger partial charge >= 0.3 is 12.1 Å². The Morgan fingerprint density at radius 1 is 1.10 bits per heavy atom. The van der Waals surface area contributed by atoms with Crippen molar-refractivity contribution in [3.63, 3.8) is 0 Å². The Kier molecular flexibility index (Phi) is 7.00. The number of fused-ring (bicyclic) bond motifs is 1. The molecule has 1 atom stereocenters. The second-order valence-electron chi connectivity index (χ2n) is 9.06. The van der Waals surface area contributed by atoms with Gasteiger partial charge < -0.3 is 19.7 Å². The molecule has 7 nitrogen and oxygen atoms in total. The third kappa shape index (κ3) is 5.97. The lowest BCUT2D eigenvalue weighted by atomic mass is 9.88. The third-order valence-corrected chi connectivity index (χ3v) is 5.53. The zero-order valence-electron chi connectivity index (χ0n) is 18.1. The van der Waals surface area contributed by atoms with Crippen molar-refractivity contribution >= 4 is 18.0 Å². The van der Waals surface area contributed by atoms with Gasteiger partial charge in [0.15, 0.2) is 6.61 Å². The molecule has 0 unspecified atom stereocenters. The number of nitrogens with zero attached hydrogens (tertiary/aromatic N) is 1. The van der Waals surface area contributed by atoms with Crippen molar-refractivity contribution in [2.24, 2.45) is 5.92 Å². The van der Waals surface area contributed by atoms with Crippen LogP contribution in [0.5, 0.6) is 0 Å². The summed E-state index contributed by atoms with van der Waals surface area (Å²) < 4.78 is 10.6. The second kappa shape index (κ2) is 9.49. The molecule has 164 valence electrons. The molecule has 3 rings (SSSR count). The van der Waals surface area contributed by atoms with Crippen LogP contribution in [0.25, 0.3) is 0 Å². The van der Waals surface area contributed by atoms with Gasteiger partial charge in [-0.15, -0.1) is 0 Å². The summed E-state index contributed by atoms with van der Waals surface area (Å²) in [7, 11) is 0. The Labute approximate surface area is 178 Å². The molecule has 0 saturated carbocycles. The van der Waals surface area contributed by atoms with Gasteiger partial charge in [-0.1, -0.05) is 24.3 Å². The fourth-order valence-corrected chi connectivity index (χ4v) is 4.02. The van der Waals surface area contributed by atoms with E-state index in [0.29, 0.717) is 25.9 Å². The van der Waals surface area contributed by atoms with Crippen LogP contribution in [0.15, 0.2) is 24.3 Å². The van der Waals surface area contributed by atoms with Crippen molar-refractivity contribution < 1.29 is 23.9 Å². The summed E-state index contributed by atoms with van der Waals surface area (Å²) in [5.41, 5.74) is 1.87. The Morgan fingerprint density at radius 3 is 2.50 bits per heavy atom. The summed E-state index contributed by atoms with van der Waals surface area (Å²) in [5, 5.41) is 2.99. The first-order valence-electron chi connectivity index (χ1n) is 10.7. The molecule has 2 amide bonds. The van der Waals surface area contributed by atoms with Gasteiger partial charge in [-0.05, 0) is 64.0 Å². The number of piperidine rings is 1. The SMILES string of the molecule is CC(C)(C)OC(=O)N1CCC(C(=O)OCC(=O)N[C@H]2CCCc3ccccc32)CC1. The van der Waals surface area contributed by atoms with E-state index in [2.05, 4.69) is 11.4 Å². The molecule has 1 aromatic carbocycles. The minimum absolute atomic E-state index is 0.0294. The minimum Gasteiger partial charge on any atom is -0.455 e. The number of amides is 2. The summed E-state index contributed by atoms with van der Waals surface area (Å²) in [4.78, 5) is 38.4. The van der Waals surface area contributed by atoms with E-state index in [0.717, 1.165) is 24.8 Å². The molecule has 1 fully saturated rings. The zero-order valence-corrected chi connectivity index (χ0v) is 18.1. The second-order valence-corrected chi connectivity index (χ2v) is 9.06. The number of esters is 1. The van der Waals surface area contributed by atoms with E-state index >= 15 is 0 Å². The van der Waals surface area contributed by atoms with Gasteiger partial charge in [-0.25, -0.2) is 4.79 Å². The quantitative estimate of drug-likeness (QED) is 0.761. The number of hydrogen-bond donors (Lipinski definition) is 1. The minimum atomic E-state index is -0.543. The molecular weight excluding hydrogens is 384 g/mol. The fraction of sp³-hybridized carbons (Fsp3) is 0.609. The molecule has 0 spiro atoms. The molecule has 0 bridgehead atoms. The molecule has 1 aromatic rings. The highest BCUT2D eigenvalue weighted by Gasteiger charge is 2.31. The lowest BCUT2D eigenvalue weighted by Crippen LogP contribution is -2.43. The van der Waals surface area contributed by atoms with E-state index in [9.17, 15) is 14.4 Å². The number of carbonyl (C=O) groups is 3. The summed E-state index contributed by atoms with van der Waals surface area (Å²) in [5.74, 6) is -0.957. The van der Waals surface area contributed by atoms with Gasteiger partial charge in [0.1, 0.15) is 5.60 Å². The Bertz CT molecular complexity index is 778. The lowest BCUT2D eigenvalue weighted by molar-refractivity contribution is -0.154. The predicted octanol–water partition coefficient (Wildman–Crippen LogP) is 3.37. The molecule has 0 radical (unpaired) electrons. The summed E-state index contributed by atoms with van der Waals surface area (Å²) in [6, 6.07) is 8.10. The number of carbonyl (C=O) groups excluding carboxylic acids is 3. The predicted molar refractivity (Wildman–Crippen MR) is 112 cm³/mol. The van der Waals surface area contributed by atoms with Gasteiger partial charge in [0.25, 0.3) is 5.91 Å². The largest absolute Gasteiger partial charge is 0.455 e. The van der Waals surface area contributed by atoms with Crippen LogP contribution < -0.4 is 5.32 Å². The first-order valence-corrected chi connectivity index (χ1v) is 10.7. The van der Waals surface area contributed by atoms with Crippen molar-refractivity contribution in [1.82, 2.24) is 10.2 Å². The molecule has 1 aliphatic heterocycles. The van der Waals surface area contributed by atoms with Gasteiger partial charge in [-0.2, -0.15) is 0 Å². The van der Waals surface area contributed by atoms with E-state index in [1.165, 1.54) is 5.56 Å². The maximum atomic E-state index is 12.4. The highest BCUT2D eigenvalue weighted by molar-refractivity contribution is 5.81. The number of rotatable bonds is 4. The maximum absolute atomic E-state index is 12.4. The number of ether oxygens (including phenoxy) is 2. The van der Waals surface area contributed by atoms with Crippen molar-refractivity contribution in [2.45, 2.75) is 64.5 Å². The molecule has 2 aliphatic rings. The van der Waals surface area contributed by atoms with Crippen LogP contribution in [0.2, 0.25) is 0 Å². The summed E-state index contributed by atoms with van der Waals surface area (Å²) in [6.07, 6.45) is 3.60. The number of aryl methyl sites for hydroxylation is 1. The van der Waals surface area contributed by atoms with Crippen molar-refractivity contribution in [3.8, 4) is 0 Å². The molecule has 30 heavy (non-hydrogen) atoms. The molecule has 1 heterocycles. The van der Waals surface area contributed by atoms with Gasteiger partial charge in [0.2, 0.25) is 0 Å². The molecule has 0 aromatic heterocycles. The van der Waals surface area contributed by atoms with Crippen LogP contribution >= 0.6 is 0 Å². The van der Waals surface area contributed by atoms with Gasteiger partial charge in [0, 0.05) is 13.1 Å². The van der Waals surface area contributed by atoms with Crippen LogP contribution in [-0.2, 0) is 25.5 Å². The molecule has 7 heteroatoms. The third-order valence-electron chi connectivity index (χ3n) is 5.53. The summed E-state index contributed by atoms with van der Waals surface area (Å²) >= 11 is 0. The molecule has 1 N–H and O–H groups in total. The number of benzene rings is 1. The highest BCUT2D eigenvalue weighted by Crippen LogP contribution is 2.29. The average Bonchev–Trinajstić information content (AvgIpc) is 2.71. The fourth-order valence-electron chi connectivity index (χ4n) is 4.02. The van der Waals surface area contributed by atoms with E-state index in [4.69, 9.17) is 9.47 Å². The zero-order chi connectivity index (χ0) is 21.7. The van der Waals surface area contributed by atoms with Crippen LogP contribution in [0, 0.1) is 5.92 Å². The molecule has 1 saturated heterocycles. The van der Waals surface area contributed by atoms with Gasteiger partial charge in [0.05, 0.1) is 12.0 Å². The van der Waals surface area contributed by atoms with E-state index in [1.807, 2.05) is 39.0 Å². The van der Waals surface area contributed by atoms with E-state index in [1.54, 1.807) is 4.90 Å². The monoisotopic (exact) mass is 416 g/mol. The summed E-state index contributed by atoms with van der Waals surface area (Å²) in [6.45, 7) is 6.09. The smallest absolute Gasteiger partial charge is 0.410 e. The van der Waals surface area contributed by atoms with Crippen LogP contribution in [0.4, 0.5) is 4.79 Å². The van der Waals surface area contributed by atoms with Crippen molar-refractivity contribution in [1.29, 1.82) is 0 Å². The number of likely N-dealkylation sites (tertiary alicyclic amines) is 1. The van der Waals surface area contributed by atoms with Crippen LogP contribution in [0.3, 0.4) is 0 Å². The Balaban J connectivity index is 1.41. The maximum Gasteiger partial charge on any atom is 0.410 e. The number of hydrogen-bond acceptors (Lipinski definition) is 5. The highest BCUT2D eigenvalue weighted by atomic mass is 16.6. The van der Waals surface area contributed by atoms with Crippen molar-refractivity contribution in [2.75, 3.05) is 19.7 Å². The molecular formula is C23H32N2O5. The first-order chi connectivity index (χ1) is 14.2.